The van der Waals surface area contributed by atoms with Crippen molar-refractivity contribution in [3.63, 3.8) is 0 Å². The van der Waals surface area contributed by atoms with Crippen molar-refractivity contribution in [2.24, 2.45) is 0 Å². The van der Waals surface area contributed by atoms with Gasteiger partial charge in [-0.15, -0.1) is 11.8 Å². The molecule has 238 valence electrons. The number of aliphatic hydroxyl groups is 1. The fourth-order valence-corrected chi connectivity index (χ4v) is 6.39. The van der Waals surface area contributed by atoms with Crippen molar-refractivity contribution < 1.29 is 29.3 Å². The Labute approximate surface area is 278 Å². The third kappa shape index (κ3) is 8.36. The van der Waals surface area contributed by atoms with Crippen LogP contribution >= 0.6 is 11.8 Å². The lowest BCUT2D eigenvalue weighted by Crippen LogP contribution is -2.31. The smallest absolute Gasteiger partial charge is 0.335 e. The summed E-state index contributed by atoms with van der Waals surface area (Å²) in [5.41, 5.74) is 6.73. The minimum atomic E-state index is -0.946. The summed E-state index contributed by atoms with van der Waals surface area (Å²) >= 11 is 1.62. The van der Waals surface area contributed by atoms with E-state index < -0.39 is 12.3 Å². The molecule has 8 heteroatoms. The van der Waals surface area contributed by atoms with Crippen molar-refractivity contribution >= 4 is 23.6 Å². The van der Waals surface area contributed by atoms with Crippen molar-refractivity contribution in [1.29, 1.82) is 0 Å². The second kappa shape index (κ2) is 15.2. The molecule has 3 N–H and O–H groups in total. The van der Waals surface area contributed by atoms with E-state index in [-0.39, 0.29) is 30.3 Å². The van der Waals surface area contributed by atoms with E-state index in [1.54, 1.807) is 36.0 Å². The number of carboxylic acid groups (broad SMARTS) is 1. The number of hydrogen-bond donors (Lipinski definition) is 3. The molecule has 5 aromatic carbocycles. The second-order valence-electron chi connectivity index (χ2n) is 11.4. The molecule has 0 radical (unpaired) electrons. The minimum Gasteiger partial charge on any atom is -0.478 e. The maximum absolute atomic E-state index is 12.5. The zero-order valence-electron chi connectivity index (χ0n) is 25.6. The molecular formula is C39H35NO6S. The number of ether oxygens (including phenoxy) is 2. The van der Waals surface area contributed by atoms with E-state index in [1.807, 2.05) is 84.9 Å². The zero-order valence-corrected chi connectivity index (χ0v) is 26.4. The number of amides is 1. The number of thioether (sulfide) groups is 1. The standard InChI is InChI=1S/C39H35NO6S/c41-24-26-9-11-29(12-10-26)36-22-34(25-47-35-19-17-31(18-20-35)38(43)44)45-39(46-36)32-15-13-28(14-16-32)33-8-4-5-27(21-33)23-40-37(42)30-6-2-1-3-7-30/h1-21,34,36,39,41H,22-25H2,(H,40,42)(H,43,44)/t34-,36+,39+/m0/s1. The lowest BCUT2D eigenvalue weighted by Gasteiger charge is -2.36. The summed E-state index contributed by atoms with van der Waals surface area (Å²) in [6.07, 6.45) is -0.257. The summed E-state index contributed by atoms with van der Waals surface area (Å²) in [5, 5.41) is 21.7. The summed E-state index contributed by atoms with van der Waals surface area (Å²) in [7, 11) is 0. The molecule has 1 amide bonds. The fourth-order valence-electron chi connectivity index (χ4n) is 5.47. The van der Waals surface area contributed by atoms with Crippen molar-refractivity contribution in [3.8, 4) is 11.1 Å². The number of benzene rings is 5. The van der Waals surface area contributed by atoms with Crippen LogP contribution in [0.2, 0.25) is 0 Å². The predicted molar refractivity (Wildman–Crippen MR) is 182 cm³/mol. The molecule has 1 aliphatic heterocycles. The molecule has 1 fully saturated rings. The van der Waals surface area contributed by atoms with Crippen LogP contribution in [0.1, 0.15) is 61.8 Å². The third-order valence-electron chi connectivity index (χ3n) is 8.08. The minimum absolute atomic E-state index is 0.0188. The maximum Gasteiger partial charge on any atom is 0.335 e. The van der Waals surface area contributed by atoms with Gasteiger partial charge in [0, 0.05) is 34.7 Å². The number of aliphatic hydroxyl groups excluding tert-OH is 1. The monoisotopic (exact) mass is 645 g/mol. The van der Waals surface area contributed by atoms with Crippen molar-refractivity contribution in [2.45, 2.75) is 43.0 Å². The molecule has 0 saturated carbocycles. The summed E-state index contributed by atoms with van der Waals surface area (Å²) < 4.78 is 13.0. The van der Waals surface area contributed by atoms with Crippen LogP contribution in [0.3, 0.4) is 0 Å². The lowest BCUT2D eigenvalue weighted by molar-refractivity contribution is -0.245. The normalized spacial score (nSPS) is 17.6. The molecule has 1 saturated heterocycles. The van der Waals surface area contributed by atoms with Crippen LogP contribution < -0.4 is 5.32 Å². The zero-order chi connectivity index (χ0) is 32.6. The Morgan fingerprint density at radius 3 is 2.15 bits per heavy atom. The van der Waals surface area contributed by atoms with Gasteiger partial charge in [0.15, 0.2) is 6.29 Å². The Bertz CT molecular complexity index is 1790. The molecule has 0 unspecified atom stereocenters. The molecule has 0 spiro atoms. The topological polar surface area (TPSA) is 105 Å². The highest BCUT2D eigenvalue weighted by atomic mass is 32.2. The number of carbonyl (C=O) groups is 2. The van der Waals surface area contributed by atoms with E-state index in [1.165, 1.54) is 0 Å². The van der Waals surface area contributed by atoms with Crippen molar-refractivity contribution in [2.75, 3.05) is 5.75 Å². The first-order chi connectivity index (χ1) is 22.9. The number of aromatic carboxylic acids is 1. The molecule has 6 rings (SSSR count). The van der Waals surface area contributed by atoms with E-state index in [0.717, 1.165) is 38.3 Å². The quantitative estimate of drug-likeness (QED) is 0.126. The van der Waals surface area contributed by atoms with Crippen LogP contribution in [-0.2, 0) is 22.6 Å². The first kappa shape index (κ1) is 32.2. The van der Waals surface area contributed by atoms with Crippen LogP contribution in [0.5, 0.6) is 0 Å². The van der Waals surface area contributed by atoms with Gasteiger partial charge < -0.3 is 25.0 Å². The van der Waals surface area contributed by atoms with Gasteiger partial charge >= 0.3 is 5.97 Å². The highest BCUT2D eigenvalue weighted by Gasteiger charge is 2.32. The number of nitrogens with one attached hydrogen (secondary N) is 1. The summed E-state index contributed by atoms with van der Waals surface area (Å²) in [6.45, 7) is 0.405. The molecule has 5 aromatic rings. The molecule has 0 bridgehead atoms. The molecule has 7 nitrogen and oxygen atoms in total. The van der Waals surface area contributed by atoms with Gasteiger partial charge in [-0.1, -0.05) is 84.9 Å². The van der Waals surface area contributed by atoms with Crippen LogP contribution in [0, 0.1) is 0 Å². The Kier molecular flexibility index (Phi) is 10.4. The Balaban J connectivity index is 1.15. The van der Waals surface area contributed by atoms with E-state index in [4.69, 9.17) is 9.47 Å². The van der Waals surface area contributed by atoms with Crippen LogP contribution in [0.15, 0.2) is 132 Å². The predicted octanol–water partition coefficient (Wildman–Crippen LogP) is 7.81. The Morgan fingerprint density at radius 1 is 0.723 bits per heavy atom. The van der Waals surface area contributed by atoms with Gasteiger partial charge in [-0.05, 0) is 70.3 Å². The number of carboxylic acids is 1. The highest BCUT2D eigenvalue weighted by molar-refractivity contribution is 7.99. The molecule has 0 aromatic heterocycles. The van der Waals surface area contributed by atoms with Crippen molar-refractivity contribution in [3.05, 3.63) is 161 Å². The number of rotatable bonds is 11. The van der Waals surface area contributed by atoms with Gasteiger partial charge in [0.2, 0.25) is 0 Å². The van der Waals surface area contributed by atoms with E-state index in [9.17, 15) is 19.8 Å². The first-order valence-corrected chi connectivity index (χ1v) is 16.4. The average molecular weight is 646 g/mol. The van der Waals surface area contributed by atoms with Gasteiger partial charge in [0.05, 0.1) is 24.4 Å². The Morgan fingerprint density at radius 2 is 1.45 bits per heavy atom. The van der Waals surface area contributed by atoms with Crippen LogP contribution in [-0.4, -0.2) is 33.9 Å². The fraction of sp³-hybridized carbons (Fsp3) is 0.179. The number of carbonyl (C=O) groups excluding carboxylic acids is 1. The van der Waals surface area contributed by atoms with E-state index in [2.05, 4.69) is 23.5 Å². The first-order valence-electron chi connectivity index (χ1n) is 15.4. The van der Waals surface area contributed by atoms with Gasteiger partial charge in [-0.3, -0.25) is 4.79 Å². The largest absolute Gasteiger partial charge is 0.478 e. The summed E-state index contributed by atoms with van der Waals surface area (Å²) in [5.74, 6) is -0.384. The van der Waals surface area contributed by atoms with Crippen LogP contribution in [0.25, 0.3) is 11.1 Å². The number of hydrogen-bond acceptors (Lipinski definition) is 6. The van der Waals surface area contributed by atoms with Gasteiger partial charge in [0.1, 0.15) is 0 Å². The van der Waals surface area contributed by atoms with E-state index >= 15 is 0 Å². The highest BCUT2D eigenvalue weighted by Crippen LogP contribution is 2.40. The molecule has 1 heterocycles. The lowest BCUT2D eigenvalue weighted by atomic mass is 9.99. The molecule has 1 aliphatic rings. The average Bonchev–Trinajstić information content (AvgIpc) is 3.13. The molecule has 3 atom stereocenters. The maximum atomic E-state index is 12.5. The molecular weight excluding hydrogens is 610 g/mol. The van der Waals surface area contributed by atoms with Gasteiger partial charge in [-0.25, -0.2) is 4.79 Å². The SMILES string of the molecule is O=C(O)c1ccc(SC[C@@H]2C[C@H](c3ccc(CO)cc3)O[C@H](c3ccc(-c4cccc(CNC(=O)c5ccccc5)c4)cc3)O2)cc1. The third-order valence-corrected chi connectivity index (χ3v) is 9.23. The van der Waals surface area contributed by atoms with Gasteiger partial charge in [0.25, 0.3) is 5.91 Å². The molecule has 47 heavy (non-hydrogen) atoms. The van der Waals surface area contributed by atoms with Crippen LogP contribution in [0.4, 0.5) is 0 Å². The van der Waals surface area contributed by atoms with Gasteiger partial charge in [-0.2, -0.15) is 0 Å². The van der Waals surface area contributed by atoms with Crippen molar-refractivity contribution in [1.82, 2.24) is 5.32 Å². The second-order valence-corrected chi connectivity index (χ2v) is 12.5. The summed E-state index contributed by atoms with van der Waals surface area (Å²) in [4.78, 5) is 24.7. The summed E-state index contributed by atoms with van der Waals surface area (Å²) in [6, 6.07) is 40.1. The van der Waals surface area contributed by atoms with E-state index in [0.29, 0.717) is 24.3 Å². The molecule has 0 aliphatic carbocycles. The Hall–Kier alpha value is -4.73.